The highest BCUT2D eigenvalue weighted by atomic mass is 127. The number of benzene rings is 2. The molecule has 1 atom stereocenters. The second kappa shape index (κ2) is 6.41. The van der Waals surface area contributed by atoms with E-state index in [1.54, 1.807) is 0 Å². The van der Waals surface area contributed by atoms with Crippen LogP contribution in [-0.2, 0) is 0 Å². The van der Waals surface area contributed by atoms with Crippen LogP contribution in [0, 0.1) is 3.57 Å². The van der Waals surface area contributed by atoms with Gasteiger partial charge >= 0.3 is 0 Å². The second-order valence-electron chi connectivity index (χ2n) is 4.83. The zero-order valence-corrected chi connectivity index (χ0v) is 13.9. The Labute approximate surface area is 138 Å². The molecule has 1 unspecified atom stereocenters. The summed E-state index contributed by atoms with van der Waals surface area (Å²) < 4.78 is 3.15. The molecule has 3 rings (SSSR count). The third-order valence-corrected chi connectivity index (χ3v) is 4.17. The van der Waals surface area contributed by atoms with Crippen molar-refractivity contribution in [2.24, 2.45) is 0 Å². The molecule has 1 N–H and O–H groups in total. The van der Waals surface area contributed by atoms with Gasteiger partial charge in [0, 0.05) is 15.3 Å². The number of aromatic nitrogens is 2. The third kappa shape index (κ3) is 3.16. The molecule has 1 aromatic heterocycles. The zero-order valence-electron chi connectivity index (χ0n) is 11.7. The summed E-state index contributed by atoms with van der Waals surface area (Å²) in [6.45, 7) is 0. The van der Waals surface area contributed by atoms with Crippen LogP contribution < -0.4 is 5.32 Å². The predicted molar refractivity (Wildman–Crippen MR) is 93.6 cm³/mol. The van der Waals surface area contributed by atoms with Crippen molar-refractivity contribution in [1.82, 2.24) is 15.1 Å². The van der Waals surface area contributed by atoms with Crippen molar-refractivity contribution < 1.29 is 0 Å². The molecule has 4 heteroatoms. The van der Waals surface area contributed by atoms with E-state index in [9.17, 15) is 0 Å². The molecule has 0 aliphatic carbocycles. The Bertz CT molecular complexity index is 704. The van der Waals surface area contributed by atoms with Gasteiger partial charge in [-0.05, 0) is 59.5 Å². The molecule has 0 saturated heterocycles. The van der Waals surface area contributed by atoms with Crippen LogP contribution in [0.4, 0.5) is 0 Å². The first-order valence-electron chi connectivity index (χ1n) is 6.80. The van der Waals surface area contributed by atoms with Gasteiger partial charge in [-0.1, -0.05) is 30.3 Å². The molecule has 0 spiro atoms. The fraction of sp³-hybridized carbons (Fsp3) is 0.118. The quantitative estimate of drug-likeness (QED) is 0.689. The van der Waals surface area contributed by atoms with E-state index in [0.29, 0.717) is 0 Å². The van der Waals surface area contributed by atoms with Gasteiger partial charge in [-0.3, -0.25) is 0 Å². The minimum absolute atomic E-state index is 0.152. The van der Waals surface area contributed by atoms with Gasteiger partial charge in [0.1, 0.15) is 0 Å². The lowest BCUT2D eigenvalue weighted by Gasteiger charge is -2.15. The number of nitrogens with one attached hydrogen (secondary N) is 1. The summed E-state index contributed by atoms with van der Waals surface area (Å²) in [5.74, 6) is 0. The summed E-state index contributed by atoms with van der Waals surface area (Å²) in [7, 11) is 1.97. The van der Waals surface area contributed by atoms with Crippen molar-refractivity contribution in [2.75, 3.05) is 7.05 Å². The largest absolute Gasteiger partial charge is 0.309 e. The molecule has 0 amide bonds. The Balaban J connectivity index is 1.92. The summed E-state index contributed by atoms with van der Waals surface area (Å²) in [4.78, 5) is 0. The van der Waals surface area contributed by atoms with Crippen molar-refractivity contribution >= 4 is 22.6 Å². The van der Waals surface area contributed by atoms with Gasteiger partial charge < -0.3 is 5.32 Å². The maximum atomic E-state index is 4.47. The number of para-hydroxylation sites is 1. The van der Waals surface area contributed by atoms with E-state index < -0.39 is 0 Å². The molecular formula is C17H16IN3. The fourth-order valence-corrected chi connectivity index (χ4v) is 2.75. The van der Waals surface area contributed by atoms with Crippen molar-refractivity contribution in [3.05, 3.63) is 81.7 Å². The Hall–Kier alpha value is -1.66. The molecule has 3 aromatic rings. The maximum absolute atomic E-state index is 4.47. The van der Waals surface area contributed by atoms with Crippen LogP contribution >= 0.6 is 22.6 Å². The first-order valence-corrected chi connectivity index (χ1v) is 7.88. The van der Waals surface area contributed by atoms with Crippen LogP contribution in [0.3, 0.4) is 0 Å². The first-order chi connectivity index (χ1) is 10.3. The van der Waals surface area contributed by atoms with Crippen molar-refractivity contribution in [1.29, 1.82) is 0 Å². The average Bonchev–Trinajstić information content (AvgIpc) is 3.00. The lowest BCUT2D eigenvalue weighted by Crippen LogP contribution is -2.17. The van der Waals surface area contributed by atoms with E-state index in [-0.39, 0.29) is 6.04 Å². The zero-order chi connectivity index (χ0) is 14.7. The van der Waals surface area contributed by atoms with Gasteiger partial charge in [-0.15, -0.1) is 0 Å². The van der Waals surface area contributed by atoms with Gasteiger partial charge in [0.05, 0.1) is 17.9 Å². The standard InChI is InChI=1S/C17H16IN3/c1-19-17(13-7-9-15(18)10-8-13)14-11-20-21(12-14)16-5-3-2-4-6-16/h2-12,17,19H,1H3. The third-order valence-electron chi connectivity index (χ3n) is 3.45. The van der Waals surface area contributed by atoms with E-state index in [4.69, 9.17) is 0 Å². The molecule has 2 aromatic carbocycles. The molecule has 0 aliphatic rings. The van der Waals surface area contributed by atoms with E-state index in [1.165, 1.54) is 9.13 Å². The van der Waals surface area contributed by atoms with Crippen molar-refractivity contribution in [3.63, 3.8) is 0 Å². The predicted octanol–water partition coefficient (Wildman–Crippen LogP) is 3.79. The monoisotopic (exact) mass is 389 g/mol. The molecule has 0 saturated carbocycles. The van der Waals surface area contributed by atoms with Gasteiger partial charge in [0.25, 0.3) is 0 Å². The molecule has 0 aliphatic heterocycles. The van der Waals surface area contributed by atoms with Crippen LogP contribution in [0.1, 0.15) is 17.2 Å². The average molecular weight is 389 g/mol. The number of halogens is 1. The summed E-state index contributed by atoms with van der Waals surface area (Å²) in [5, 5.41) is 7.84. The van der Waals surface area contributed by atoms with E-state index >= 15 is 0 Å². The Kier molecular flexibility index (Phi) is 4.36. The molecule has 0 radical (unpaired) electrons. The number of nitrogens with zero attached hydrogens (tertiary/aromatic N) is 2. The summed E-state index contributed by atoms with van der Waals surface area (Å²) in [5.41, 5.74) is 3.47. The highest BCUT2D eigenvalue weighted by molar-refractivity contribution is 14.1. The molecule has 3 nitrogen and oxygen atoms in total. The van der Waals surface area contributed by atoms with Gasteiger partial charge in [-0.2, -0.15) is 5.10 Å². The lowest BCUT2D eigenvalue weighted by atomic mass is 10.0. The summed E-state index contributed by atoms with van der Waals surface area (Å²) >= 11 is 2.32. The van der Waals surface area contributed by atoms with Crippen LogP contribution in [-0.4, -0.2) is 16.8 Å². The van der Waals surface area contributed by atoms with Gasteiger partial charge in [0.2, 0.25) is 0 Å². The highest BCUT2D eigenvalue weighted by Crippen LogP contribution is 2.23. The Morgan fingerprint density at radius 3 is 2.38 bits per heavy atom. The highest BCUT2D eigenvalue weighted by Gasteiger charge is 2.14. The normalized spacial score (nSPS) is 12.3. The van der Waals surface area contributed by atoms with Crippen molar-refractivity contribution in [2.45, 2.75) is 6.04 Å². The van der Waals surface area contributed by atoms with E-state index in [0.717, 1.165) is 11.3 Å². The Morgan fingerprint density at radius 1 is 1.00 bits per heavy atom. The maximum Gasteiger partial charge on any atom is 0.0645 e. The number of rotatable bonds is 4. The summed E-state index contributed by atoms with van der Waals surface area (Å²) in [6, 6.07) is 18.9. The number of hydrogen-bond acceptors (Lipinski definition) is 2. The molecule has 0 bridgehead atoms. The number of hydrogen-bond donors (Lipinski definition) is 1. The van der Waals surface area contributed by atoms with Gasteiger partial charge in [-0.25, -0.2) is 4.68 Å². The van der Waals surface area contributed by atoms with E-state index in [2.05, 4.69) is 75.6 Å². The minimum Gasteiger partial charge on any atom is -0.309 e. The Morgan fingerprint density at radius 2 is 1.71 bits per heavy atom. The SMILES string of the molecule is CNC(c1ccc(I)cc1)c1cnn(-c2ccccc2)c1. The second-order valence-corrected chi connectivity index (χ2v) is 6.07. The molecule has 106 valence electrons. The minimum atomic E-state index is 0.152. The van der Waals surface area contributed by atoms with Crippen LogP contribution in [0.2, 0.25) is 0 Å². The molecule has 0 fully saturated rings. The molecular weight excluding hydrogens is 373 g/mol. The fourth-order valence-electron chi connectivity index (χ4n) is 2.39. The van der Waals surface area contributed by atoms with Crippen LogP contribution in [0.15, 0.2) is 67.0 Å². The lowest BCUT2D eigenvalue weighted by molar-refractivity contribution is 0.691. The molecule has 1 heterocycles. The van der Waals surface area contributed by atoms with E-state index in [1.807, 2.05) is 36.1 Å². The van der Waals surface area contributed by atoms with Crippen LogP contribution in [0.25, 0.3) is 5.69 Å². The first kappa shape index (κ1) is 14.3. The summed E-state index contributed by atoms with van der Waals surface area (Å²) in [6.07, 6.45) is 4.00. The smallest absolute Gasteiger partial charge is 0.0645 e. The molecule has 21 heavy (non-hydrogen) atoms. The van der Waals surface area contributed by atoms with Crippen LogP contribution in [0.5, 0.6) is 0 Å². The van der Waals surface area contributed by atoms with Gasteiger partial charge in [0.15, 0.2) is 0 Å². The van der Waals surface area contributed by atoms with Crippen molar-refractivity contribution in [3.8, 4) is 5.69 Å². The topological polar surface area (TPSA) is 29.9 Å².